The van der Waals surface area contributed by atoms with Crippen LogP contribution in [0.2, 0.25) is 0 Å². The molecule has 3 rings (SSSR count). The van der Waals surface area contributed by atoms with Gasteiger partial charge in [-0.2, -0.15) is 0 Å². The molecule has 2 nitrogen and oxygen atoms in total. The number of hydrogen-bond acceptors (Lipinski definition) is 2. The van der Waals surface area contributed by atoms with E-state index >= 15 is 0 Å². The second-order valence-electron chi connectivity index (χ2n) is 4.97. The highest BCUT2D eigenvalue weighted by molar-refractivity contribution is 9.10. The summed E-state index contributed by atoms with van der Waals surface area (Å²) in [7, 11) is 2.16. The molecule has 0 saturated heterocycles. The van der Waals surface area contributed by atoms with Crippen molar-refractivity contribution < 1.29 is 0 Å². The maximum atomic E-state index is 3.60. The summed E-state index contributed by atoms with van der Waals surface area (Å²) in [6.45, 7) is 2.05. The summed E-state index contributed by atoms with van der Waals surface area (Å²) in [6, 6.07) is 15.1. The number of rotatable bonds is 2. The van der Waals surface area contributed by atoms with Gasteiger partial charge in [-0.25, -0.2) is 0 Å². The first-order valence-electron chi connectivity index (χ1n) is 6.63. The van der Waals surface area contributed by atoms with Crippen molar-refractivity contribution in [2.75, 3.05) is 29.9 Å². The Kier molecular flexibility index (Phi) is 4.03. The molecule has 0 unspecified atom stereocenters. The molecular weight excluding hydrogens is 380 g/mol. The molecule has 0 amide bonds. The first-order chi connectivity index (χ1) is 9.70. The number of hydrogen-bond donors (Lipinski definition) is 0. The van der Waals surface area contributed by atoms with Gasteiger partial charge in [-0.05, 0) is 35.9 Å². The third-order valence-electron chi connectivity index (χ3n) is 3.72. The minimum absolute atomic E-state index is 0.857. The fourth-order valence-corrected chi connectivity index (χ4v) is 3.54. The molecule has 0 N–H and O–H groups in total. The molecule has 0 saturated carbocycles. The lowest BCUT2D eigenvalue weighted by Gasteiger charge is -2.37. The van der Waals surface area contributed by atoms with Gasteiger partial charge in [-0.15, -0.1) is 0 Å². The van der Waals surface area contributed by atoms with Crippen molar-refractivity contribution in [3.05, 3.63) is 52.5 Å². The average Bonchev–Trinajstić information content (AvgIpc) is 2.48. The predicted molar refractivity (Wildman–Crippen MR) is 93.5 cm³/mol. The maximum absolute atomic E-state index is 3.60. The topological polar surface area (TPSA) is 6.48 Å². The van der Waals surface area contributed by atoms with Crippen LogP contribution in [0.1, 0.15) is 5.56 Å². The summed E-state index contributed by atoms with van der Waals surface area (Å²) in [5.74, 6) is 0. The molecule has 0 fully saturated rings. The van der Waals surface area contributed by atoms with Crippen LogP contribution in [0.25, 0.3) is 0 Å². The van der Waals surface area contributed by atoms with Gasteiger partial charge in [0.05, 0.1) is 11.4 Å². The highest BCUT2D eigenvalue weighted by Gasteiger charge is 2.22. The molecule has 1 heterocycles. The first-order valence-corrected chi connectivity index (χ1v) is 8.54. The van der Waals surface area contributed by atoms with Gasteiger partial charge in [-0.3, -0.25) is 0 Å². The Bertz CT molecular complexity index is 628. The second-order valence-corrected chi connectivity index (χ2v) is 6.44. The van der Waals surface area contributed by atoms with E-state index in [0.29, 0.717) is 0 Å². The van der Waals surface area contributed by atoms with E-state index in [1.54, 1.807) is 0 Å². The Hall–Kier alpha value is -1.00. The van der Waals surface area contributed by atoms with Crippen LogP contribution in [-0.2, 0) is 5.33 Å². The molecule has 2 aromatic carbocycles. The summed E-state index contributed by atoms with van der Waals surface area (Å²) >= 11 is 7.16. The lowest BCUT2D eigenvalue weighted by atomic mass is 10.1. The number of benzene rings is 2. The summed E-state index contributed by atoms with van der Waals surface area (Å²) in [6.07, 6.45) is 0. The van der Waals surface area contributed by atoms with E-state index in [4.69, 9.17) is 0 Å². The normalized spacial score (nSPS) is 14.3. The van der Waals surface area contributed by atoms with Crippen molar-refractivity contribution in [1.29, 1.82) is 0 Å². The van der Waals surface area contributed by atoms with Gasteiger partial charge in [-0.1, -0.05) is 44.0 Å². The number of fused-ring (bicyclic) bond motifs is 1. The number of likely N-dealkylation sites (N-methyl/N-ethyl adjacent to an activating group) is 1. The van der Waals surface area contributed by atoms with Gasteiger partial charge in [0, 0.05) is 35.6 Å². The largest absolute Gasteiger partial charge is 0.371 e. The van der Waals surface area contributed by atoms with Crippen LogP contribution in [0, 0.1) is 0 Å². The zero-order valence-corrected chi connectivity index (χ0v) is 14.5. The lowest BCUT2D eigenvalue weighted by molar-refractivity contribution is 0.820. The number of halogens is 2. The van der Waals surface area contributed by atoms with Crippen molar-refractivity contribution >= 4 is 48.9 Å². The molecule has 0 spiro atoms. The zero-order valence-electron chi connectivity index (χ0n) is 11.3. The molecule has 0 aromatic heterocycles. The average molecular weight is 396 g/mol. The van der Waals surface area contributed by atoms with Crippen LogP contribution in [0.15, 0.2) is 46.9 Å². The second kappa shape index (κ2) is 5.78. The molecule has 0 bridgehead atoms. The number of anilines is 3. The van der Waals surface area contributed by atoms with E-state index in [0.717, 1.165) is 22.9 Å². The SMILES string of the molecule is CN1CCN(c2ccc(Br)cc2CBr)c2ccccc21. The van der Waals surface area contributed by atoms with E-state index in [-0.39, 0.29) is 0 Å². The van der Waals surface area contributed by atoms with Gasteiger partial charge in [0.25, 0.3) is 0 Å². The molecule has 104 valence electrons. The minimum atomic E-state index is 0.857. The Labute approximate surface area is 136 Å². The van der Waals surface area contributed by atoms with Crippen LogP contribution in [0.3, 0.4) is 0 Å². The fourth-order valence-electron chi connectivity index (χ4n) is 2.68. The summed E-state index contributed by atoms with van der Waals surface area (Å²) in [5.41, 5.74) is 5.16. The van der Waals surface area contributed by atoms with Crippen molar-refractivity contribution in [2.24, 2.45) is 0 Å². The van der Waals surface area contributed by atoms with Gasteiger partial charge in [0.2, 0.25) is 0 Å². The molecule has 20 heavy (non-hydrogen) atoms. The summed E-state index contributed by atoms with van der Waals surface area (Å²) in [5, 5.41) is 0.857. The quantitative estimate of drug-likeness (QED) is 0.665. The molecule has 1 aliphatic rings. The van der Waals surface area contributed by atoms with Crippen molar-refractivity contribution in [2.45, 2.75) is 5.33 Å². The van der Waals surface area contributed by atoms with E-state index in [9.17, 15) is 0 Å². The monoisotopic (exact) mass is 394 g/mol. The van der Waals surface area contributed by atoms with Crippen LogP contribution >= 0.6 is 31.9 Å². The zero-order chi connectivity index (χ0) is 14.1. The fraction of sp³-hybridized carbons (Fsp3) is 0.250. The minimum Gasteiger partial charge on any atom is -0.371 e. The standard InChI is InChI=1S/C16H16Br2N2/c1-19-8-9-20(16-5-3-2-4-15(16)19)14-7-6-13(18)10-12(14)11-17/h2-7,10H,8-9,11H2,1H3. The molecule has 0 aliphatic carbocycles. The predicted octanol–water partition coefficient (Wildman–Crippen LogP) is 4.93. The Balaban J connectivity index is 2.10. The van der Waals surface area contributed by atoms with E-state index in [1.165, 1.54) is 22.6 Å². The third-order valence-corrected chi connectivity index (χ3v) is 4.82. The molecular formula is C16H16Br2N2. The number of alkyl halides is 1. The summed E-state index contributed by atoms with van der Waals surface area (Å²) < 4.78 is 1.12. The summed E-state index contributed by atoms with van der Waals surface area (Å²) in [4.78, 5) is 4.73. The van der Waals surface area contributed by atoms with Crippen molar-refractivity contribution in [1.82, 2.24) is 0 Å². The highest BCUT2D eigenvalue weighted by atomic mass is 79.9. The smallest absolute Gasteiger partial charge is 0.0649 e. The van der Waals surface area contributed by atoms with Gasteiger partial charge < -0.3 is 9.80 Å². The maximum Gasteiger partial charge on any atom is 0.0649 e. The van der Waals surface area contributed by atoms with Crippen LogP contribution in [-0.4, -0.2) is 20.1 Å². The Morgan fingerprint density at radius 2 is 1.75 bits per heavy atom. The molecule has 1 aliphatic heterocycles. The first kappa shape index (κ1) is 14.0. The van der Waals surface area contributed by atoms with Crippen LogP contribution < -0.4 is 9.80 Å². The molecule has 0 radical (unpaired) electrons. The van der Waals surface area contributed by atoms with Gasteiger partial charge in [0.15, 0.2) is 0 Å². The Morgan fingerprint density at radius 3 is 2.50 bits per heavy atom. The van der Waals surface area contributed by atoms with Crippen molar-refractivity contribution in [3.63, 3.8) is 0 Å². The number of nitrogens with zero attached hydrogens (tertiary/aromatic N) is 2. The number of para-hydroxylation sites is 2. The third kappa shape index (κ3) is 2.47. The molecule has 2 aromatic rings. The van der Waals surface area contributed by atoms with Crippen LogP contribution in [0.4, 0.5) is 17.1 Å². The van der Waals surface area contributed by atoms with Gasteiger partial charge in [0.1, 0.15) is 0 Å². The molecule has 0 atom stereocenters. The van der Waals surface area contributed by atoms with Crippen LogP contribution in [0.5, 0.6) is 0 Å². The Morgan fingerprint density at radius 1 is 1.00 bits per heavy atom. The van der Waals surface area contributed by atoms with Crippen molar-refractivity contribution in [3.8, 4) is 0 Å². The lowest BCUT2D eigenvalue weighted by Crippen LogP contribution is -2.36. The van der Waals surface area contributed by atoms with Gasteiger partial charge >= 0.3 is 0 Å². The highest BCUT2D eigenvalue weighted by Crippen LogP contribution is 2.39. The van der Waals surface area contributed by atoms with E-state index in [2.05, 4.69) is 91.2 Å². The van der Waals surface area contributed by atoms with E-state index in [1.807, 2.05) is 0 Å². The molecule has 4 heteroatoms. The van der Waals surface area contributed by atoms with E-state index < -0.39 is 0 Å².